The Hall–Kier alpha value is -3.81. The summed E-state index contributed by atoms with van der Waals surface area (Å²) >= 11 is 0. The van der Waals surface area contributed by atoms with Crippen LogP contribution in [0.1, 0.15) is 25.5 Å². The molecule has 0 aliphatic carbocycles. The van der Waals surface area contributed by atoms with Crippen molar-refractivity contribution in [3.63, 3.8) is 0 Å². The van der Waals surface area contributed by atoms with Crippen molar-refractivity contribution in [2.24, 2.45) is 0 Å². The van der Waals surface area contributed by atoms with Gasteiger partial charge in [0.1, 0.15) is 23.3 Å². The van der Waals surface area contributed by atoms with Crippen molar-refractivity contribution in [3.8, 4) is 11.1 Å². The Balaban J connectivity index is 1.66. The first-order valence-electron chi connectivity index (χ1n) is 9.70. The van der Waals surface area contributed by atoms with Gasteiger partial charge in [0, 0.05) is 36.7 Å². The second kappa shape index (κ2) is 8.69. The van der Waals surface area contributed by atoms with E-state index in [0.29, 0.717) is 17.5 Å². The third-order valence-electron chi connectivity index (χ3n) is 4.67. The topological polar surface area (TPSA) is 80.5 Å². The normalized spacial score (nSPS) is 11.8. The lowest BCUT2D eigenvalue weighted by molar-refractivity contribution is 0.626. The number of benzene rings is 1. The Bertz CT molecular complexity index is 1110. The maximum Gasteiger partial charge on any atom is 0.150 e. The second-order valence-corrected chi connectivity index (χ2v) is 6.84. The third-order valence-corrected chi connectivity index (χ3v) is 4.67. The van der Waals surface area contributed by atoms with Crippen LogP contribution in [0.25, 0.3) is 11.1 Å². The minimum Gasteiger partial charge on any atom is -0.363 e. The molecule has 0 unspecified atom stereocenters. The molecule has 0 saturated carbocycles. The number of nitrogens with one attached hydrogen (secondary N) is 2. The van der Waals surface area contributed by atoms with Gasteiger partial charge in [0.2, 0.25) is 0 Å². The van der Waals surface area contributed by atoms with Gasteiger partial charge in [-0.1, -0.05) is 12.1 Å². The van der Waals surface area contributed by atoms with E-state index in [2.05, 4.69) is 30.7 Å². The van der Waals surface area contributed by atoms with Gasteiger partial charge in [-0.15, -0.1) is 0 Å². The first-order chi connectivity index (χ1) is 14.6. The predicted octanol–water partition coefficient (Wildman–Crippen LogP) is 4.81. The quantitative estimate of drug-likeness (QED) is 0.461. The van der Waals surface area contributed by atoms with Crippen LogP contribution in [-0.4, -0.2) is 24.7 Å². The van der Waals surface area contributed by atoms with E-state index in [-0.39, 0.29) is 11.9 Å². The largest absolute Gasteiger partial charge is 0.363 e. The van der Waals surface area contributed by atoms with Crippen LogP contribution in [0.4, 0.5) is 21.8 Å². The van der Waals surface area contributed by atoms with E-state index in [4.69, 9.17) is 0 Å². The van der Waals surface area contributed by atoms with Crippen molar-refractivity contribution < 1.29 is 4.39 Å². The maximum atomic E-state index is 13.2. The molecular weight excluding hydrogens is 381 g/mol. The fourth-order valence-corrected chi connectivity index (χ4v) is 3.07. The molecule has 8 heteroatoms. The highest BCUT2D eigenvalue weighted by Gasteiger charge is 2.11. The minimum atomic E-state index is -0.255. The summed E-state index contributed by atoms with van der Waals surface area (Å²) in [6, 6.07) is 10.3. The van der Waals surface area contributed by atoms with Gasteiger partial charge in [-0.3, -0.25) is 9.67 Å². The van der Waals surface area contributed by atoms with Crippen LogP contribution >= 0.6 is 0 Å². The van der Waals surface area contributed by atoms with Crippen LogP contribution in [0.5, 0.6) is 0 Å². The fourth-order valence-electron chi connectivity index (χ4n) is 3.07. The lowest BCUT2D eigenvalue weighted by Gasteiger charge is -2.17. The van der Waals surface area contributed by atoms with Gasteiger partial charge in [0.05, 0.1) is 12.4 Å². The van der Waals surface area contributed by atoms with Crippen LogP contribution in [0, 0.1) is 5.82 Å². The van der Waals surface area contributed by atoms with Crippen molar-refractivity contribution in [2.45, 2.75) is 26.4 Å². The molecule has 0 aliphatic heterocycles. The average molecular weight is 403 g/mol. The first-order valence-corrected chi connectivity index (χ1v) is 9.70. The van der Waals surface area contributed by atoms with Gasteiger partial charge < -0.3 is 10.6 Å². The van der Waals surface area contributed by atoms with Crippen molar-refractivity contribution in [3.05, 3.63) is 78.8 Å². The molecule has 0 aliphatic rings. The summed E-state index contributed by atoms with van der Waals surface area (Å²) in [4.78, 5) is 13.0. The van der Waals surface area contributed by atoms with E-state index in [1.807, 2.05) is 43.1 Å². The van der Waals surface area contributed by atoms with E-state index >= 15 is 0 Å². The molecule has 0 fully saturated rings. The summed E-state index contributed by atoms with van der Waals surface area (Å²) in [5.74, 6) is 1.66. The first kappa shape index (κ1) is 19.5. The molecule has 0 bridgehead atoms. The monoisotopic (exact) mass is 403 g/mol. The van der Waals surface area contributed by atoms with Gasteiger partial charge in [-0.2, -0.15) is 5.10 Å². The van der Waals surface area contributed by atoms with Crippen molar-refractivity contribution in [2.75, 3.05) is 10.6 Å². The molecule has 7 nitrogen and oxygen atoms in total. The van der Waals surface area contributed by atoms with E-state index < -0.39 is 0 Å². The Kier molecular flexibility index (Phi) is 5.65. The van der Waals surface area contributed by atoms with E-state index in [9.17, 15) is 4.39 Å². The van der Waals surface area contributed by atoms with Crippen LogP contribution in [0.3, 0.4) is 0 Å². The van der Waals surface area contributed by atoms with Crippen molar-refractivity contribution in [1.29, 1.82) is 0 Å². The lowest BCUT2D eigenvalue weighted by Crippen LogP contribution is -2.09. The molecule has 3 aromatic heterocycles. The Morgan fingerprint density at radius 2 is 1.80 bits per heavy atom. The molecule has 1 aromatic carbocycles. The summed E-state index contributed by atoms with van der Waals surface area (Å²) in [6.45, 7) is 4.84. The number of rotatable bonds is 7. The van der Waals surface area contributed by atoms with Gasteiger partial charge in [-0.05, 0) is 49.2 Å². The number of pyridine rings is 1. The second-order valence-electron chi connectivity index (χ2n) is 6.84. The molecule has 2 N–H and O–H groups in total. The summed E-state index contributed by atoms with van der Waals surface area (Å²) in [5.41, 5.74) is 2.91. The number of aromatic nitrogens is 5. The summed E-state index contributed by atoms with van der Waals surface area (Å²) in [5, 5.41) is 11.0. The third kappa shape index (κ3) is 4.60. The predicted molar refractivity (Wildman–Crippen MR) is 115 cm³/mol. The number of aryl methyl sites for hydroxylation is 1. The number of nitrogens with zero attached hydrogens (tertiary/aromatic N) is 5. The van der Waals surface area contributed by atoms with Gasteiger partial charge in [0.25, 0.3) is 0 Å². The SMILES string of the molecule is CCn1cc(-c2cc(Nc3cnccn3)nc(N[C@@H](C)c3ccc(F)cc3)c2)cn1. The zero-order chi connectivity index (χ0) is 20.9. The van der Waals surface area contributed by atoms with Gasteiger partial charge in [0.15, 0.2) is 0 Å². The Labute approximate surface area is 174 Å². The number of anilines is 3. The summed E-state index contributed by atoms with van der Waals surface area (Å²) in [7, 11) is 0. The molecule has 0 amide bonds. The maximum absolute atomic E-state index is 13.2. The Morgan fingerprint density at radius 3 is 2.50 bits per heavy atom. The van der Waals surface area contributed by atoms with Gasteiger partial charge in [-0.25, -0.2) is 14.4 Å². The zero-order valence-electron chi connectivity index (χ0n) is 16.7. The van der Waals surface area contributed by atoms with E-state index in [0.717, 1.165) is 23.2 Å². The van der Waals surface area contributed by atoms with Crippen LogP contribution in [0.2, 0.25) is 0 Å². The molecule has 30 heavy (non-hydrogen) atoms. The molecule has 4 aromatic rings. The van der Waals surface area contributed by atoms with E-state index in [1.54, 1.807) is 30.7 Å². The lowest BCUT2D eigenvalue weighted by atomic mass is 10.1. The summed E-state index contributed by atoms with van der Waals surface area (Å²) < 4.78 is 15.1. The molecule has 0 saturated heterocycles. The van der Waals surface area contributed by atoms with Crippen LogP contribution < -0.4 is 10.6 Å². The van der Waals surface area contributed by atoms with Crippen LogP contribution in [-0.2, 0) is 6.54 Å². The van der Waals surface area contributed by atoms with E-state index in [1.165, 1.54) is 12.1 Å². The highest BCUT2D eigenvalue weighted by atomic mass is 19.1. The molecule has 3 heterocycles. The minimum absolute atomic E-state index is 0.0592. The zero-order valence-corrected chi connectivity index (χ0v) is 16.7. The molecule has 0 radical (unpaired) electrons. The number of halogens is 1. The summed E-state index contributed by atoms with van der Waals surface area (Å²) in [6.07, 6.45) is 8.70. The standard InChI is InChI=1S/C22H22FN7/c1-3-30-14-18(12-26-30)17-10-20(27-15(2)16-4-6-19(23)7-5-16)28-21(11-17)29-22-13-24-8-9-25-22/h4-15H,3H2,1-2H3,(H2,25,27,28,29)/t15-/m0/s1. The molecule has 4 rings (SSSR count). The molecule has 0 spiro atoms. The average Bonchev–Trinajstić information content (AvgIpc) is 3.24. The fraction of sp³-hybridized carbons (Fsp3) is 0.182. The van der Waals surface area contributed by atoms with Crippen LogP contribution in [0.15, 0.2) is 67.4 Å². The van der Waals surface area contributed by atoms with Gasteiger partial charge >= 0.3 is 0 Å². The molecule has 152 valence electrons. The van der Waals surface area contributed by atoms with Crippen molar-refractivity contribution in [1.82, 2.24) is 24.7 Å². The number of hydrogen-bond donors (Lipinski definition) is 2. The number of hydrogen-bond acceptors (Lipinski definition) is 6. The smallest absolute Gasteiger partial charge is 0.150 e. The molecule has 1 atom stereocenters. The highest BCUT2D eigenvalue weighted by Crippen LogP contribution is 2.28. The highest BCUT2D eigenvalue weighted by molar-refractivity contribution is 5.71. The Morgan fingerprint density at radius 1 is 1.00 bits per heavy atom. The van der Waals surface area contributed by atoms with Crippen molar-refractivity contribution >= 4 is 17.5 Å². The molecular formula is C22H22FN7.